The highest BCUT2D eigenvalue weighted by Crippen LogP contribution is 2.21. The molecule has 0 aromatic heterocycles. The molecule has 1 aliphatic carbocycles. The molecule has 0 bridgehead atoms. The van der Waals surface area contributed by atoms with Gasteiger partial charge in [0, 0.05) is 5.57 Å². The second-order valence-corrected chi connectivity index (χ2v) is 3.31. The van der Waals surface area contributed by atoms with Crippen LogP contribution in [0.15, 0.2) is 42.5 Å². The number of benzene rings is 1. The van der Waals surface area contributed by atoms with Crippen LogP contribution < -0.4 is 0 Å². The molecule has 0 unspecified atom stereocenters. The molecule has 0 atom stereocenters. The van der Waals surface area contributed by atoms with E-state index in [0.717, 1.165) is 5.56 Å². The first kappa shape index (κ1) is 9.40. The van der Waals surface area contributed by atoms with Crippen LogP contribution in [0.3, 0.4) is 0 Å². The fourth-order valence-corrected chi connectivity index (χ4v) is 1.42. The van der Waals surface area contributed by atoms with Crippen molar-refractivity contribution in [3.63, 3.8) is 0 Å². The standard InChI is InChI=1S/C12H10N2O/c13-9-3-6-12(14)11(7-9)8-1-4-10(15)5-2-8/h1-7,13-15H. The maximum Gasteiger partial charge on any atom is 0.115 e. The van der Waals surface area contributed by atoms with Crippen molar-refractivity contribution < 1.29 is 5.11 Å². The van der Waals surface area contributed by atoms with E-state index < -0.39 is 0 Å². The SMILES string of the molecule is N=C1C=CC(=N)C(c2ccc(O)cc2)=C1. The number of hydrogen-bond donors (Lipinski definition) is 3. The van der Waals surface area contributed by atoms with Crippen molar-refractivity contribution >= 4 is 17.0 Å². The van der Waals surface area contributed by atoms with Crippen LogP contribution in [0.5, 0.6) is 5.75 Å². The molecule has 0 aliphatic heterocycles. The van der Waals surface area contributed by atoms with Crippen molar-refractivity contribution in [1.82, 2.24) is 0 Å². The highest BCUT2D eigenvalue weighted by atomic mass is 16.3. The molecule has 3 N–H and O–H groups in total. The summed E-state index contributed by atoms with van der Waals surface area (Å²) < 4.78 is 0. The largest absolute Gasteiger partial charge is 0.508 e. The lowest BCUT2D eigenvalue weighted by molar-refractivity contribution is 0.475. The van der Waals surface area contributed by atoms with Gasteiger partial charge in [0.1, 0.15) is 5.75 Å². The zero-order valence-corrected chi connectivity index (χ0v) is 7.99. The Bertz CT molecular complexity index is 481. The summed E-state index contributed by atoms with van der Waals surface area (Å²) in [5.74, 6) is 0.201. The van der Waals surface area contributed by atoms with Gasteiger partial charge in [-0.1, -0.05) is 12.1 Å². The van der Waals surface area contributed by atoms with Gasteiger partial charge < -0.3 is 15.9 Å². The van der Waals surface area contributed by atoms with E-state index in [0.29, 0.717) is 17.0 Å². The molecule has 15 heavy (non-hydrogen) atoms. The maximum absolute atomic E-state index is 9.14. The topological polar surface area (TPSA) is 67.9 Å². The second kappa shape index (κ2) is 3.53. The Morgan fingerprint density at radius 2 is 1.60 bits per heavy atom. The van der Waals surface area contributed by atoms with Crippen molar-refractivity contribution in [2.75, 3.05) is 0 Å². The summed E-state index contributed by atoms with van der Waals surface area (Å²) >= 11 is 0. The summed E-state index contributed by atoms with van der Waals surface area (Å²) in [6.07, 6.45) is 4.84. The van der Waals surface area contributed by atoms with E-state index in [4.69, 9.17) is 15.9 Å². The third kappa shape index (κ3) is 1.86. The van der Waals surface area contributed by atoms with E-state index >= 15 is 0 Å². The van der Waals surface area contributed by atoms with Crippen molar-refractivity contribution in [2.24, 2.45) is 0 Å². The van der Waals surface area contributed by atoms with Crippen molar-refractivity contribution in [3.8, 4) is 5.75 Å². The van der Waals surface area contributed by atoms with Crippen LogP contribution in [-0.4, -0.2) is 16.5 Å². The van der Waals surface area contributed by atoms with Gasteiger partial charge >= 0.3 is 0 Å². The molecule has 3 heteroatoms. The smallest absolute Gasteiger partial charge is 0.115 e. The number of allylic oxidation sites excluding steroid dienone is 4. The molecule has 0 radical (unpaired) electrons. The molecule has 0 fully saturated rings. The number of phenolic OH excluding ortho intramolecular Hbond substituents is 1. The average molecular weight is 198 g/mol. The zero-order chi connectivity index (χ0) is 10.8. The second-order valence-electron chi connectivity index (χ2n) is 3.31. The van der Waals surface area contributed by atoms with Crippen LogP contribution in [0, 0.1) is 10.8 Å². The molecule has 0 spiro atoms. The highest BCUT2D eigenvalue weighted by molar-refractivity contribution is 6.35. The molecule has 74 valence electrons. The van der Waals surface area contributed by atoms with Gasteiger partial charge in [-0.05, 0) is 35.9 Å². The predicted octanol–water partition coefficient (Wildman–Crippen LogP) is 2.38. The van der Waals surface area contributed by atoms with Gasteiger partial charge in [-0.3, -0.25) is 0 Å². The predicted molar refractivity (Wildman–Crippen MR) is 60.7 cm³/mol. The maximum atomic E-state index is 9.14. The van der Waals surface area contributed by atoms with Crippen LogP contribution in [0.25, 0.3) is 5.57 Å². The van der Waals surface area contributed by atoms with E-state index in [-0.39, 0.29) is 5.75 Å². The van der Waals surface area contributed by atoms with Gasteiger partial charge in [0.05, 0.1) is 11.4 Å². The fraction of sp³-hybridized carbons (Fsp3) is 0. The van der Waals surface area contributed by atoms with E-state index in [1.165, 1.54) is 0 Å². The van der Waals surface area contributed by atoms with Crippen LogP contribution >= 0.6 is 0 Å². The molecule has 0 saturated carbocycles. The molecule has 0 saturated heterocycles. The summed E-state index contributed by atoms with van der Waals surface area (Å²) in [7, 11) is 0. The minimum atomic E-state index is 0.201. The Kier molecular flexibility index (Phi) is 2.21. The Labute approximate surface area is 87.4 Å². The van der Waals surface area contributed by atoms with Crippen molar-refractivity contribution in [2.45, 2.75) is 0 Å². The average Bonchev–Trinajstić information content (AvgIpc) is 2.23. The van der Waals surface area contributed by atoms with Crippen LogP contribution in [-0.2, 0) is 0 Å². The normalized spacial score (nSPS) is 15.3. The lowest BCUT2D eigenvalue weighted by Gasteiger charge is -2.10. The summed E-state index contributed by atoms with van der Waals surface area (Å²) in [4.78, 5) is 0. The molecule has 0 amide bonds. The van der Waals surface area contributed by atoms with Crippen molar-refractivity contribution in [3.05, 3.63) is 48.1 Å². The van der Waals surface area contributed by atoms with Gasteiger partial charge in [0.25, 0.3) is 0 Å². The first-order valence-corrected chi connectivity index (χ1v) is 4.53. The lowest BCUT2D eigenvalue weighted by atomic mass is 9.95. The molecule has 0 heterocycles. The first-order valence-electron chi connectivity index (χ1n) is 4.53. The van der Waals surface area contributed by atoms with E-state index in [1.54, 1.807) is 42.5 Å². The summed E-state index contributed by atoms with van der Waals surface area (Å²) in [5, 5.41) is 24.3. The van der Waals surface area contributed by atoms with E-state index in [9.17, 15) is 0 Å². The fourth-order valence-electron chi connectivity index (χ4n) is 1.42. The van der Waals surface area contributed by atoms with Gasteiger partial charge in [-0.25, -0.2) is 0 Å². The van der Waals surface area contributed by atoms with E-state index in [1.807, 2.05) is 0 Å². The van der Waals surface area contributed by atoms with E-state index in [2.05, 4.69) is 0 Å². The zero-order valence-electron chi connectivity index (χ0n) is 7.99. The lowest BCUT2D eigenvalue weighted by Crippen LogP contribution is -2.05. The molecule has 3 nitrogen and oxygen atoms in total. The van der Waals surface area contributed by atoms with Crippen LogP contribution in [0.4, 0.5) is 0 Å². The quantitative estimate of drug-likeness (QED) is 0.596. The number of rotatable bonds is 1. The Balaban J connectivity index is 2.43. The minimum absolute atomic E-state index is 0.201. The monoisotopic (exact) mass is 198 g/mol. The summed E-state index contributed by atoms with van der Waals surface area (Å²) in [6.45, 7) is 0. The van der Waals surface area contributed by atoms with Crippen LogP contribution in [0.1, 0.15) is 5.56 Å². The summed E-state index contributed by atoms with van der Waals surface area (Å²) in [5.41, 5.74) is 2.32. The Morgan fingerprint density at radius 1 is 0.933 bits per heavy atom. The van der Waals surface area contributed by atoms with Gasteiger partial charge in [-0.2, -0.15) is 0 Å². The number of hydrogen-bond acceptors (Lipinski definition) is 3. The molecule has 1 aromatic rings. The minimum Gasteiger partial charge on any atom is -0.508 e. The molecular formula is C12H10N2O. The molecular weight excluding hydrogens is 188 g/mol. The number of nitrogens with one attached hydrogen (secondary N) is 2. The third-order valence-electron chi connectivity index (χ3n) is 2.20. The number of phenols is 1. The third-order valence-corrected chi connectivity index (χ3v) is 2.20. The number of aromatic hydroxyl groups is 1. The molecule has 1 aromatic carbocycles. The van der Waals surface area contributed by atoms with Gasteiger partial charge in [0.15, 0.2) is 0 Å². The van der Waals surface area contributed by atoms with Crippen LogP contribution in [0.2, 0.25) is 0 Å². The molecule has 2 rings (SSSR count). The summed E-state index contributed by atoms with van der Waals surface area (Å²) in [6, 6.07) is 6.63. The molecule has 1 aliphatic rings. The van der Waals surface area contributed by atoms with Gasteiger partial charge in [-0.15, -0.1) is 0 Å². The Hall–Kier alpha value is -2.16. The first-order chi connectivity index (χ1) is 7.16. The highest BCUT2D eigenvalue weighted by Gasteiger charge is 2.10. The van der Waals surface area contributed by atoms with Gasteiger partial charge in [0.2, 0.25) is 0 Å². The van der Waals surface area contributed by atoms with Crippen molar-refractivity contribution in [1.29, 1.82) is 10.8 Å². The Morgan fingerprint density at radius 3 is 2.27 bits per heavy atom.